The van der Waals surface area contributed by atoms with Gasteiger partial charge in [-0.15, -0.1) is 0 Å². The second-order valence-electron chi connectivity index (χ2n) is 5.05. The predicted molar refractivity (Wildman–Crippen MR) is 81.8 cm³/mol. The molecular formula is C16H11N3O3. The Kier molecular flexibility index (Phi) is 2.53. The lowest BCUT2D eigenvalue weighted by Crippen LogP contribution is -2.38. The van der Waals surface area contributed by atoms with Gasteiger partial charge >= 0.3 is 6.03 Å². The number of urea groups is 1. The molecule has 108 valence electrons. The second-order valence-corrected chi connectivity index (χ2v) is 5.05. The first kappa shape index (κ1) is 12.6. The van der Waals surface area contributed by atoms with Gasteiger partial charge in [-0.1, -0.05) is 12.1 Å². The number of phenolic OH excluding ortho intramolecular Hbond substituents is 1. The Labute approximate surface area is 125 Å². The number of benzene rings is 2. The average Bonchev–Trinajstić information content (AvgIpc) is 2.80. The molecule has 1 unspecified atom stereocenters. The van der Waals surface area contributed by atoms with Crippen LogP contribution >= 0.6 is 0 Å². The summed E-state index contributed by atoms with van der Waals surface area (Å²) in [6.07, 6.45) is 1.49. The molecule has 0 bridgehead atoms. The summed E-state index contributed by atoms with van der Waals surface area (Å²) < 4.78 is 0. The van der Waals surface area contributed by atoms with Crippen molar-refractivity contribution in [2.75, 3.05) is 9.80 Å². The summed E-state index contributed by atoms with van der Waals surface area (Å²) in [4.78, 5) is 32.1. The lowest BCUT2D eigenvalue weighted by atomic mass is 10.1. The standard InChI is InChI=1S/C16H11N3O3/c20-11-7-5-10(6-8-11)18-15(21)14-9-17-12-3-1-2-4-13(12)19(14)16(18)22/h1-9,14,20H. The van der Waals surface area contributed by atoms with Crippen molar-refractivity contribution in [2.45, 2.75) is 6.04 Å². The zero-order valence-electron chi connectivity index (χ0n) is 11.4. The van der Waals surface area contributed by atoms with E-state index in [-0.39, 0.29) is 11.7 Å². The van der Waals surface area contributed by atoms with Crippen LogP contribution in [0.1, 0.15) is 0 Å². The first-order valence-corrected chi connectivity index (χ1v) is 6.76. The number of hydrogen-bond donors (Lipinski definition) is 1. The number of para-hydroxylation sites is 2. The number of carbonyl (C=O) groups is 2. The van der Waals surface area contributed by atoms with Crippen LogP contribution in [0.5, 0.6) is 5.75 Å². The third-order valence-electron chi connectivity index (χ3n) is 3.75. The van der Waals surface area contributed by atoms with Crippen LogP contribution in [-0.2, 0) is 4.79 Å². The first-order chi connectivity index (χ1) is 10.7. The van der Waals surface area contributed by atoms with E-state index in [0.29, 0.717) is 17.1 Å². The molecule has 1 atom stereocenters. The lowest BCUT2D eigenvalue weighted by Gasteiger charge is -2.24. The fourth-order valence-electron chi connectivity index (χ4n) is 2.71. The highest BCUT2D eigenvalue weighted by atomic mass is 16.3. The van der Waals surface area contributed by atoms with Crippen LogP contribution in [0, 0.1) is 0 Å². The van der Waals surface area contributed by atoms with E-state index in [9.17, 15) is 14.7 Å². The van der Waals surface area contributed by atoms with Gasteiger partial charge in [-0.05, 0) is 36.4 Å². The minimum absolute atomic E-state index is 0.0764. The van der Waals surface area contributed by atoms with Gasteiger partial charge < -0.3 is 5.11 Å². The molecule has 6 nitrogen and oxygen atoms in total. The number of phenols is 1. The van der Waals surface area contributed by atoms with E-state index in [1.807, 2.05) is 6.07 Å². The van der Waals surface area contributed by atoms with Gasteiger partial charge in [0.2, 0.25) is 0 Å². The number of rotatable bonds is 1. The summed E-state index contributed by atoms with van der Waals surface area (Å²) in [5.74, 6) is -0.276. The van der Waals surface area contributed by atoms with Crippen molar-refractivity contribution >= 4 is 35.2 Å². The van der Waals surface area contributed by atoms with Crippen LogP contribution in [0.4, 0.5) is 21.9 Å². The van der Waals surface area contributed by atoms with Crippen LogP contribution < -0.4 is 9.80 Å². The molecule has 2 aliphatic heterocycles. The minimum Gasteiger partial charge on any atom is -0.508 e. The molecular weight excluding hydrogens is 282 g/mol. The number of anilines is 2. The summed E-state index contributed by atoms with van der Waals surface area (Å²) in [5, 5.41) is 9.35. The van der Waals surface area contributed by atoms with Crippen molar-refractivity contribution in [3.63, 3.8) is 0 Å². The number of amides is 3. The minimum atomic E-state index is -0.726. The van der Waals surface area contributed by atoms with Gasteiger partial charge in [-0.2, -0.15) is 0 Å². The Bertz CT molecular complexity index is 814. The van der Waals surface area contributed by atoms with Crippen molar-refractivity contribution in [3.8, 4) is 5.75 Å². The van der Waals surface area contributed by atoms with Gasteiger partial charge in [0, 0.05) is 6.21 Å². The molecule has 0 aliphatic carbocycles. The van der Waals surface area contributed by atoms with Crippen LogP contribution in [-0.4, -0.2) is 29.3 Å². The van der Waals surface area contributed by atoms with E-state index < -0.39 is 12.1 Å². The summed E-state index contributed by atoms with van der Waals surface area (Å²) in [5.41, 5.74) is 1.70. The fraction of sp³-hybridized carbons (Fsp3) is 0.0625. The monoisotopic (exact) mass is 293 g/mol. The molecule has 0 saturated carbocycles. The summed E-state index contributed by atoms with van der Waals surface area (Å²) in [7, 11) is 0. The number of fused-ring (bicyclic) bond motifs is 3. The first-order valence-electron chi connectivity index (χ1n) is 6.76. The maximum Gasteiger partial charge on any atom is 0.337 e. The van der Waals surface area contributed by atoms with Gasteiger partial charge in [0.25, 0.3) is 5.91 Å². The molecule has 22 heavy (non-hydrogen) atoms. The summed E-state index contributed by atoms with van der Waals surface area (Å²) in [6.45, 7) is 0. The van der Waals surface area contributed by atoms with E-state index in [4.69, 9.17) is 0 Å². The Hall–Kier alpha value is -3.15. The number of nitrogens with zero attached hydrogens (tertiary/aromatic N) is 3. The molecule has 1 N–H and O–H groups in total. The molecule has 0 spiro atoms. The molecule has 1 saturated heterocycles. The highest BCUT2D eigenvalue weighted by Crippen LogP contribution is 2.38. The van der Waals surface area contributed by atoms with Crippen LogP contribution in [0.15, 0.2) is 53.5 Å². The second kappa shape index (κ2) is 4.42. The molecule has 6 heteroatoms. The van der Waals surface area contributed by atoms with E-state index in [1.54, 1.807) is 18.2 Å². The Morgan fingerprint density at radius 1 is 1.00 bits per heavy atom. The maximum atomic E-state index is 12.7. The van der Waals surface area contributed by atoms with Crippen LogP contribution in [0.2, 0.25) is 0 Å². The van der Waals surface area contributed by atoms with E-state index in [0.717, 1.165) is 4.90 Å². The molecule has 1 fully saturated rings. The Balaban J connectivity index is 1.81. The number of imide groups is 1. The van der Waals surface area contributed by atoms with Gasteiger partial charge in [0.15, 0.2) is 6.04 Å². The van der Waals surface area contributed by atoms with Crippen molar-refractivity contribution < 1.29 is 14.7 Å². The normalized spacial score (nSPS) is 19.4. The largest absolute Gasteiger partial charge is 0.508 e. The quantitative estimate of drug-likeness (QED) is 0.821. The van der Waals surface area contributed by atoms with Crippen molar-refractivity contribution in [2.24, 2.45) is 4.99 Å². The van der Waals surface area contributed by atoms with Gasteiger partial charge in [0.05, 0.1) is 17.1 Å². The lowest BCUT2D eigenvalue weighted by molar-refractivity contribution is -0.116. The van der Waals surface area contributed by atoms with Crippen LogP contribution in [0.3, 0.4) is 0 Å². The van der Waals surface area contributed by atoms with Crippen molar-refractivity contribution in [3.05, 3.63) is 48.5 Å². The molecule has 2 aromatic carbocycles. The Morgan fingerprint density at radius 3 is 2.50 bits per heavy atom. The third-order valence-corrected chi connectivity index (χ3v) is 3.75. The molecule has 2 aliphatic rings. The molecule has 3 amide bonds. The molecule has 2 aromatic rings. The molecule has 0 radical (unpaired) electrons. The number of carbonyl (C=O) groups excluding carboxylic acids is 2. The summed E-state index contributed by atoms with van der Waals surface area (Å²) >= 11 is 0. The fourth-order valence-corrected chi connectivity index (χ4v) is 2.71. The third kappa shape index (κ3) is 1.64. The van der Waals surface area contributed by atoms with Gasteiger partial charge in [-0.25, -0.2) is 9.69 Å². The topological polar surface area (TPSA) is 73.2 Å². The SMILES string of the molecule is O=C1C2C=Nc3ccccc3N2C(=O)N1c1ccc(O)cc1. The van der Waals surface area contributed by atoms with E-state index in [2.05, 4.69) is 4.99 Å². The maximum absolute atomic E-state index is 12.7. The highest BCUT2D eigenvalue weighted by Gasteiger charge is 2.47. The smallest absolute Gasteiger partial charge is 0.337 e. The number of aromatic hydroxyl groups is 1. The molecule has 2 heterocycles. The van der Waals surface area contributed by atoms with Crippen molar-refractivity contribution in [1.82, 2.24) is 0 Å². The summed E-state index contributed by atoms with van der Waals surface area (Å²) in [6, 6.07) is 12.0. The van der Waals surface area contributed by atoms with E-state index >= 15 is 0 Å². The number of hydrogen-bond acceptors (Lipinski definition) is 4. The zero-order valence-corrected chi connectivity index (χ0v) is 11.4. The Morgan fingerprint density at radius 2 is 1.73 bits per heavy atom. The zero-order chi connectivity index (χ0) is 15.3. The molecule has 0 aromatic heterocycles. The average molecular weight is 293 g/mol. The molecule has 4 rings (SSSR count). The van der Waals surface area contributed by atoms with Gasteiger partial charge in [0.1, 0.15) is 5.75 Å². The van der Waals surface area contributed by atoms with Crippen molar-refractivity contribution in [1.29, 1.82) is 0 Å². The van der Waals surface area contributed by atoms with Crippen LogP contribution in [0.25, 0.3) is 0 Å². The highest BCUT2D eigenvalue weighted by molar-refractivity contribution is 6.34. The predicted octanol–water partition coefficient (Wildman–Crippen LogP) is 2.45. The number of aliphatic imine (C=N–C) groups is 1. The van der Waals surface area contributed by atoms with E-state index in [1.165, 1.54) is 35.4 Å². The van der Waals surface area contributed by atoms with Gasteiger partial charge in [-0.3, -0.25) is 14.7 Å².